The molecule has 0 radical (unpaired) electrons. The third-order valence-electron chi connectivity index (χ3n) is 2.60. The molecule has 17 heavy (non-hydrogen) atoms. The Balaban J connectivity index is 2.63. The Morgan fingerprint density at radius 2 is 2.06 bits per heavy atom. The normalized spacial score (nSPS) is 15.4. The van der Waals surface area contributed by atoms with Crippen LogP contribution in [0.25, 0.3) is 0 Å². The van der Waals surface area contributed by atoms with Crippen molar-refractivity contribution in [1.29, 1.82) is 0 Å². The number of amides is 1. The fraction of sp³-hybridized carbons (Fsp3) is 0.583. The molecule has 1 rings (SSSR count). The molecule has 0 aromatic carbocycles. The molecule has 0 spiro atoms. The molecule has 3 nitrogen and oxygen atoms in total. The van der Waals surface area contributed by atoms with E-state index in [1.165, 1.54) is 11.3 Å². The summed E-state index contributed by atoms with van der Waals surface area (Å²) < 4.78 is 0.723. The zero-order valence-corrected chi connectivity index (χ0v) is 12.2. The maximum Gasteiger partial charge on any atom is 0.237 e. The number of hydrogen-bond acceptors (Lipinski definition) is 3. The molecule has 0 aliphatic heterocycles. The summed E-state index contributed by atoms with van der Waals surface area (Å²) >= 11 is 7.32. The van der Waals surface area contributed by atoms with E-state index in [4.69, 9.17) is 17.3 Å². The Hall–Kier alpha value is -0.580. The second kappa shape index (κ2) is 5.38. The number of nitrogens with one attached hydrogen (secondary N) is 1. The number of rotatable bonds is 3. The van der Waals surface area contributed by atoms with Crippen LogP contribution in [0.3, 0.4) is 0 Å². The predicted octanol–water partition coefficient (Wildman–Crippen LogP) is 2.95. The predicted molar refractivity (Wildman–Crippen MR) is 73.3 cm³/mol. The average molecular weight is 275 g/mol. The van der Waals surface area contributed by atoms with Gasteiger partial charge < -0.3 is 11.1 Å². The Kier molecular flexibility index (Phi) is 4.58. The Morgan fingerprint density at radius 3 is 2.47 bits per heavy atom. The molecule has 0 aliphatic carbocycles. The first-order valence-corrected chi connectivity index (χ1v) is 6.72. The van der Waals surface area contributed by atoms with Crippen molar-refractivity contribution in [3.05, 3.63) is 21.3 Å². The minimum absolute atomic E-state index is 0.0617. The van der Waals surface area contributed by atoms with Crippen molar-refractivity contribution in [1.82, 2.24) is 5.32 Å². The van der Waals surface area contributed by atoms with Crippen molar-refractivity contribution in [2.75, 3.05) is 0 Å². The lowest BCUT2D eigenvalue weighted by Crippen LogP contribution is -2.49. The molecule has 1 amide bonds. The average Bonchev–Trinajstić information content (AvgIpc) is 2.62. The molecular formula is C12H19ClN2OS. The number of hydrogen-bond donors (Lipinski definition) is 2. The van der Waals surface area contributed by atoms with Gasteiger partial charge in [0.2, 0.25) is 5.91 Å². The highest BCUT2D eigenvalue weighted by atomic mass is 35.5. The van der Waals surface area contributed by atoms with Gasteiger partial charge in [-0.25, -0.2) is 0 Å². The number of carbonyl (C=O) groups is 1. The molecule has 0 saturated carbocycles. The fourth-order valence-electron chi connectivity index (χ4n) is 1.33. The van der Waals surface area contributed by atoms with E-state index in [0.29, 0.717) is 0 Å². The summed E-state index contributed by atoms with van der Waals surface area (Å²) in [5.74, 6) is -0.130. The maximum absolute atomic E-state index is 11.9. The molecule has 0 bridgehead atoms. The first-order valence-electron chi connectivity index (χ1n) is 5.53. The van der Waals surface area contributed by atoms with Crippen LogP contribution < -0.4 is 11.1 Å². The van der Waals surface area contributed by atoms with Gasteiger partial charge in [0.15, 0.2) is 0 Å². The first-order chi connectivity index (χ1) is 7.71. The number of thiophene rings is 1. The van der Waals surface area contributed by atoms with Crippen LogP contribution in [0.4, 0.5) is 0 Å². The summed E-state index contributed by atoms with van der Waals surface area (Å²) in [7, 11) is 0. The van der Waals surface area contributed by atoms with Gasteiger partial charge in [-0.15, -0.1) is 11.3 Å². The maximum atomic E-state index is 11.9. The van der Waals surface area contributed by atoms with Crippen molar-refractivity contribution in [3.8, 4) is 0 Å². The van der Waals surface area contributed by atoms with E-state index in [2.05, 4.69) is 5.32 Å². The highest BCUT2D eigenvalue weighted by Gasteiger charge is 2.28. The van der Waals surface area contributed by atoms with E-state index >= 15 is 0 Å². The molecule has 1 unspecified atom stereocenters. The van der Waals surface area contributed by atoms with Gasteiger partial charge in [0, 0.05) is 4.88 Å². The summed E-state index contributed by atoms with van der Waals surface area (Å²) in [5, 5.41) is 2.90. The van der Waals surface area contributed by atoms with Gasteiger partial charge >= 0.3 is 0 Å². The number of halogens is 1. The van der Waals surface area contributed by atoms with E-state index in [1.807, 2.05) is 39.8 Å². The lowest BCUT2D eigenvalue weighted by atomic mass is 9.87. The minimum Gasteiger partial charge on any atom is -0.347 e. The molecule has 0 aliphatic rings. The lowest BCUT2D eigenvalue weighted by molar-refractivity contribution is -0.125. The van der Waals surface area contributed by atoms with Gasteiger partial charge in [-0.05, 0) is 24.5 Å². The highest BCUT2D eigenvalue weighted by Crippen LogP contribution is 2.27. The molecule has 0 saturated heterocycles. The largest absolute Gasteiger partial charge is 0.347 e. The second-order valence-electron chi connectivity index (χ2n) is 5.22. The summed E-state index contributed by atoms with van der Waals surface area (Å²) in [6.07, 6.45) is 0. The van der Waals surface area contributed by atoms with Gasteiger partial charge in [-0.3, -0.25) is 4.79 Å². The van der Waals surface area contributed by atoms with E-state index < -0.39 is 6.04 Å². The third-order valence-corrected chi connectivity index (χ3v) is 4.01. The number of nitrogens with two attached hydrogens (primary N) is 1. The van der Waals surface area contributed by atoms with Crippen LogP contribution in [0.5, 0.6) is 0 Å². The van der Waals surface area contributed by atoms with E-state index in [1.54, 1.807) is 0 Å². The Morgan fingerprint density at radius 1 is 1.47 bits per heavy atom. The van der Waals surface area contributed by atoms with Crippen molar-refractivity contribution in [2.24, 2.45) is 11.1 Å². The quantitative estimate of drug-likeness (QED) is 0.890. The van der Waals surface area contributed by atoms with Crippen LogP contribution >= 0.6 is 22.9 Å². The number of carbonyl (C=O) groups excluding carboxylic acids is 1. The summed E-state index contributed by atoms with van der Waals surface area (Å²) in [6, 6.07) is 3.17. The molecule has 96 valence electrons. The van der Waals surface area contributed by atoms with Gasteiger partial charge in [-0.1, -0.05) is 32.4 Å². The van der Waals surface area contributed by atoms with Crippen LogP contribution in [-0.2, 0) is 4.79 Å². The Labute approximate surface area is 111 Å². The van der Waals surface area contributed by atoms with E-state index in [-0.39, 0.29) is 17.4 Å². The third kappa shape index (κ3) is 3.98. The van der Waals surface area contributed by atoms with E-state index in [9.17, 15) is 4.79 Å². The standard InChI is InChI=1S/C12H19ClN2OS/c1-7(8-5-6-9(13)17-8)15-11(16)10(14)12(2,3)4/h5-7,10H,14H2,1-4H3,(H,15,16)/t7?,10-/m1/s1. The molecular weight excluding hydrogens is 256 g/mol. The highest BCUT2D eigenvalue weighted by molar-refractivity contribution is 7.16. The molecule has 0 fully saturated rings. The molecule has 1 aromatic heterocycles. The van der Waals surface area contributed by atoms with Gasteiger partial charge in [-0.2, -0.15) is 0 Å². The topological polar surface area (TPSA) is 55.1 Å². The van der Waals surface area contributed by atoms with Crippen molar-refractivity contribution in [3.63, 3.8) is 0 Å². The summed E-state index contributed by atoms with van der Waals surface area (Å²) in [6.45, 7) is 7.77. The SMILES string of the molecule is CC(NC(=O)[C@@H](N)C(C)(C)C)c1ccc(Cl)s1. The zero-order chi connectivity index (χ0) is 13.2. The molecule has 5 heteroatoms. The second-order valence-corrected chi connectivity index (χ2v) is 6.96. The van der Waals surface area contributed by atoms with E-state index in [0.717, 1.165) is 9.21 Å². The lowest BCUT2D eigenvalue weighted by Gasteiger charge is -2.27. The molecule has 1 aromatic rings. The van der Waals surface area contributed by atoms with Crippen LogP contribution in [0.15, 0.2) is 12.1 Å². The summed E-state index contributed by atoms with van der Waals surface area (Å²) in [5.41, 5.74) is 5.65. The smallest absolute Gasteiger partial charge is 0.237 e. The van der Waals surface area contributed by atoms with Crippen molar-refractivity contribution >= 4 is 28.8 Å². The van der Waals surface area contributed by atoms with Gasteiger partial charge in [0.05, 0.1) is 16.4 Å². The fourth-order valence-corrected chi connectivity index (χ4v) is 2.39. The van der Waals surface area contributed by atoms with Crippen LogP contribution in [0.2, 0.25) is 4.34 Å². The van der Waals surface area contributed by atoms with Gasteiger partial charge in [0.1, 0.15) is 0 Å². The Bertz CT molecular complexity index is 397. The van der Waals surface area contributed by atoms with Crippen LogP contribution in [0, 0.1) is 5.41 Å². The summed E-state index contributed by atoms with van der Waals surface area (Å²) in [4.78, 5) is 12.9. The van der Waals surface area contributed by atoms with Crippen molar-refractivity contribution < 1.29 is 4.79 Å². The molecule has 1 heterocycles. The zero-order valence-electron chi connectivity index (χ0n) is 10.6. The molecule has 3 N–H and O–H groups in total. The van der Waals surface area contributed by atoms with Crippen LogP contribution in [-0.4, -0.2) is 11.9 Å². The van der Waals surface area contributed by atoms with Crippen molar-refractivity contribution in [2.45, 2.75) is 39.8 Å². The minimum atomic E-state index is -0.514. The molecule has 2 atom stereocenters. The van der Waals surface area contributed by atoms with Crippen LogP contribution in [0.1, 0.15) is 38.6 Å². The first kappa shape index (κ1) is 14.5. The van der Waals surface area contributed by atoms with Gasteiger partial charge in [0.25, 0.3) is 0 Å². The monoisotopic (exact) mass is 274 g/mol.